The number of rotatable bonds is 7. The Hall–Kier alpha value is -2.13. The van der Waals surface area contributed by atoms with E-state index in [0.29, 0.717) is 24.9 Å². The maximum absolute atomic E-state index is 11.1. The van der Waals surface area contributed by atoms with E-state index in [2.05, 4.69) is 0 Å². The number of carbonyl (C=O) groups is 1. The third-order valence-electron chi connectivity index (χ3n) is 4.51. The first-order valence-electron chi connectivity index (χ1n) is 8.76. The Kier molecular flexibility index (Phi) is 6.02. The van der Waals surface area contributed by atoms with Crippen molar-refractivity contribution >= 4 is 6.29 Å². The largest absolute Gasteiger partial charge is 0.491 e. The molecule has 1 saturated carbocycles. The molecular formula is C21H24O3. The van der Waals surface area contributed by atoms with E-state index in [0.717, 1.165) is 23.2 Å². The molecule has 0 atom stereocenters. The van der Waals surface area contributed by atoms with Crippen LogP contribution in [0.4, 0.5) is 0 Å². The van der Waals surface area contributed by atoms with Crippen molar-refractivity contribution in [3.8, 4) is 16.9 Å². The zero-order valence-corrected chi connectivity index (χ0v) is 13.9. The van der Waals surface area contributed by atoms with Gasteiger partial charge in [-0.05, 0) is 36.1 Å². The molecule has 0 unspecified atom stereocenters. The van der Waals surface area contributed by atoms with Gasteiger partial charge in [-0.2, -0.15) is 0 Å². The fraction of sp³-hybridized carbons (Fsp3) is 0.381. The van der Waals surface area contributed by atoms with E-state index < -0.39 is 0 Å². The van der Waals surface area contributed by atoms with Crippen molar-refractivity contribution in [2.45, 2.75) is 38.2 Å². The van der Waals surface area contributed by atoms with Gasteiger partial charge in [-0.3, -0.25) is 4.79 Å². The minimum atomic E-state index is 0.421. The molecular weight excluding hydrogens is 300 g/mol. The first kappa shape index (κ1) is 16.7. The Balaban J connectivity index is 1.50. The summed E-state index contributed by atoms with van der Waals surface area (Å²) in [6.45, 7) is 1.21. The summed E-state index contributed by atoms with van der Waals surface area (Å²) in [5, 5.41) is 0. The summed E-state index contributed by atoms with van der Waals surface area (Å²) in [6.07, 6.45) is 7.60. The van der Waals surface area contributed by atoms with E-state index in [4.69, 9.17) is 9.47 Å². The van der Waals surface area contributed by atoms with Crippen LogP contribution in [-0.4, -0.2) is 25.6 Å². The van der Waals surface area contributed by atoms with Gasteiger partial charge in [0.1, 0.15) is 12.4 Å². The quantitative estimate of drug-likeness (QED) is 0.537. The van der Waals surface area contributed by atoms with Crippen LogP contribution in [0, 0.1) is 0 Å². The van der Waals surface area contributed by atoms with Crippen LogP contribution < -0.4 is 4.74 Å². The normalized spacial score (nSPS) is 15.2. The van der Waals surface area contributed by atoms with E-state index in [1.807, 2.05) is 48.5 Å². The van der Waals surface area contributed by atoms with Gasteiger partial charge in [-0.1, -0.05) is 55.7 Å². The van der Waals surface area contributed by atoms with Gasteiger partial charge >= 0.3 is 0 Å². The first-order valence-corrected chi connectivity index (χ1v) is 8.76. The molecule has 3 nitrogen and oxygen atoms in total. The highest BCUT2D eigenvalue weighted by molar-refractivity contribution is 5.87. The molecule has 2 aromatic rings. The van der Waals surface area contributed by atoms with Crippen molar-refractivity contribution in [1.82, 2.24) is 0 Å². The minimum Gasteiger partial charge on any atom is -0.491 e. The van der Waals surface area contributed by atoms with Gasteiger partial charge in [0.25, 0.3) is 0 Å². The van der Waals surface area contributed by atoms with E-state index in [-0.39, 0.29) is 0 Å². The number of hydrogen-bond acceptors (Lipinski definition) is 3. The number of carbonyl (C=O) groups excluding carboxylic acids is 1. The summed E-state index contributed by atoms with van der Waals surface area (Å²) in [4.78, 5) is 11.1. The average Bonchev–Trinajstić information content (AvgIpc) is 2.66. The molecule has 0 heterocycles. The SMILES string of the molecule is O=Cc1ccccc1-c1ccc(OCCOC2CCCCC2)cc1. The predicted molar refractivity (Wildman–Crippen MR) is 95.6 cm³/mol. The molecule has 0 radical (unpaired) electrons. The van der Waals surface area contributed by atoms with Crippen LogP contribution in [0.3, 0.4) is 0 Å². The van der Waals surface area contributed by atoms with Crippen LogP contribution in [0.5, 0.6) is 5.75 Å². The van der Waals surface area contributed by atoms with Crippen molar-refractivity contribution in [3.05, 3.63) is 54.1 Å². The Morgan fingerprint density at radius 2 is 1.67 bits per heavy atom. The molecule has 3 heteroatoms. The number of ether oxygens (including phenoxy) is 2. The van der Waals surface area contributed by atoms with Crippen molar-refractivity contribution < 1.29 is 14.3 Å². The number of aldehydes is 1. The van der Waals surface area contributed by atoms with Crippen LogP contribution in [0.15, 0.2) is 48.5 Å². The fourth-order valence-corrected chi connectivity index (χ4v) is 3.20. The smallest absolute Gasteiger partial charge is 0.150 e. The molecule has 0 N–H and O–H groups in total. The topological polar surface area (TPSA) is 35.5 Å². The number of benzene rings is 2. The third-order valence-corrected chi connectivity index (χ3v) is 4.51. The molecule has 2 aromatic carbocycles. The van der Waals surface area contributed by atoms with Crippen molar-refractivity contribution in [3.63, 3.8) is 0 Å². The van der Waals surface area contributed by atoms with Gasteiger partial charge in [0, 0.05) is 5.56 Å². The van der Waals surface area contributed by atoms with E-state index in [1.165, 1.54) is 32.1 Å². The summed E-state index contributed by atoms with van der Waals surface area (Å²) in [7, 11) is 0. The molecule has 0 aromatic heterocycles. The molecule has 126 valence electrons. The average molecular weight is 324 g/mol. The maximum Gasteiger partial charge on any atom is 0.150 e. The minimum absolute atomic E-state index is 0.421. The summed E-state index contributed by atoms with van der Waals surface area (Å²) in [6, 6.07) is 15.5. The Morgan fingerprint density at radius 1 is 0.917 bits per heavy atom. The van der Waals surface area contributed by atoms with Gasteiger partial charge < -0.3 is 9.47 Å². The van der Waals surface area contributed by atoms with Crippen molar-refractivity contribution in [2.75, 3.05) is 13.2 Å². The second kappa shape index (κ2) is 8.65. The molecule has 1 aliphatic rings. The predicted octanol–water partition coefficient (Wildman–Crippen LogP) is 4.89. The Bertz CT molecular complexity index is 642. The van der Waals surface area contributed by atoms with Gasteiger partial charge in [-0.15, -0.1) is 0 Å². The van der Waals surface area contributed by atoms with Crippen molar-refractivity contribution in [2.24, 2.45) is 0 Å². The highest BCUT2D eigenvalue weighted by Crippen LogP contribution is 2.25. The fourth-order valence-electron chi connectivity index (χ4n) is 3.20. The molecule has 1 aliphatic carbocycles. The zero-order chi connectivity index (χ0) is 16.6. The lowest BCUT2D eigenvalue weighted by Crippen LogP contribution is -2.19. The monoisotopic (exact) mass is 324 g/mol. The molecule has 0 aliphatic heterocycles. The molecule has 0 spiro atoms. The summed E-state index contributed by atoms with van der Waals surface area (Å²) in [5.74, 6) is 0.828. The molecule has 1 fully saturated rings. The van der Waals surface area contributed by atoms with E-state index in [9.17, 15) is 4.79 Å². The summed E-state index contributed by atoms with van der Waals surface area (Å²) in [5.41, 5.74) is 2.66. The lowest BCUT2D eigenvalue weighted by Gasteiger charge is -2.21. The summed E-state index contributed by atoms with van der Waals surface area (Å²) >= 11 is 0. The van der Waals surface area contributed by atoms with Crippen LogP contribution in [0.2, 0.25) is 0 Å². The van der Waals surface area contributed by atoms with Crippen LogP contribution in [0.1, 0.15) is 42.5 Å². The lowest BCUT2D eigenvalue weighted by molar-refractivity contribution is 0.0129. The third kappa shape index (κ3) is 4.45. The Labute approximate surface area is 143 Å². The molecule has 24 heavy (non-hydrogen) atoms. The second-order valence-electron chi connectivity index (χ2n) is 6.21. The van der Waals surface area contributed by atoms with Gasteiger partial charge in [0.15, 0.2) is 6.29 Å². The Morgan fingerprint density at radius 3 is 2.42 bits per heavy atom. The summed E-state index contributed by atoms with van der Waals surface area (Å²) < 4.78 is 11.6. The number of hydrogen-bond donors (Lipinski definition) is 0. The first-order chi connectivity index (χ1) is 11.9. The van der Waals surface area contributed by atoms with Gasteiger partial charge in [-0.25, -0.2) is 0 Å². The molecule has 0 amide bonds. The van der Waals surface area contributed by atoms with Crippen LogP contribution >= 0.6 is 0 Å². The second-order valence-corrected chi connectivity index (χ2v) is 6.21. The van der Waals surface area contributed by atoms with Crippen LogP contribution in [-0.2, 0) is 4.74 Å². The van der Waals surface area contributed by atoms with Crippen LogP contribution in [0.25, 0.3) is 11.1 Å². The highest BCUT2D eigenvalue weighted by Gasteiger charge is 2.13. The molecule has 0 bridgehead atoms. The zero-order valence-electron chi connectivity index (χ0n) is 13.9. The molecule has 0 saturated heterocycles. The van der Waals surface area contributed by atoms with E-state index in [1.54, 1.807) is 0 Å². The van der Waals surface area contributed by atoms with Crippen molar-refractivity contribution in [1.29, 1.82) is 0 Å². The molecule has 3 rings (SSSR count). The highest BCUT2D eigenvalue weighted by atomic mass is 16.5. The van der Waals surface area contributed by atoms with Gasteiger partial charge in [0.2, 0.25) is 0 Å². The maximum atomic E-state index is 11.1. The standard InChI is InChI=1S/C21H24O3/c22-16-18-6-4-5-9-21(18)17-10-12-20(13-11-17)24-15-14-23-19-7-2-1-3-8-19/h4-6,9-13,16,19H,1-3,7-8,14-15H2. The lowest BCUT2D eigenvalue weighted by atomic mass is 9.98. The van der Waals surface area contributed by atoms with E-state index >= 15 is 0 Å². The van der Waals surface area contributed by atoms with Gasteiger partial charge in [0.05, 0.1) is 12.7 Å².